The highest BCUT2D eigenvalue weighted by Crippen LogP contribution is 2.19. The van der Waals surface area contributed by atoms with Crippen molar-refractivity contribution in [2.75, 3.05) is 0 Å². The number of halogens is 1. The molecule has 3 rings (SSSR count). The van der Waals surface area contributed by atoms with Crippen molar-refractivity contribution in [2.24, 2.45) is 5.73 Å². The van der Waals surface area contributed by atoms with Gasteiger partial charge in [-0.05, 0) is 38.1 Å². The molecular formula is C19H20FN5. The average Bonchev–Trinajstić information content (AvgIpc) is 3.06. The lowest BCUT2D eigenvalue weighted by molar-refractivity contribution is 0.613. The van der Waals surface area contributed by atoms with Crippen LogP contribution in [0.25, 0.3) is 17.8 Å². The van der Waals surface area contributed by atoms with Gasteiger partial charge in [0.25, 0.3) is 0 Å². The Kier molecular flexibility index (Phi) is 5.00. The monoisotopic (exact) mass is 337 g/mol. The Morgan fingerprint density at radius 1 is 1.16 bits per heavy atom. The topological polar surface area (TPSA) is 69.6 Å². The Labute approximate surface area is 145 Å². The van der Waals surface area contributed by atoms with Crippen LogP contribution < -0.4 is 16.3 Å². The van der Waals surface area contributed by atoms with Crippen LogP contribution in [0.15, 0.2) is 42.9 Å². The van der Waals surface area contributed by atoms with E-state index in [1.807, 2.05) is 49.0 Å². The number of pyridine rings is 2. The fourth-order valence-electron chi connectivity index (χ4n) is 2.80. The molecule has 0 aliphatic heterocycles. The summed E-state index contributed by atoms with van der Waals surface area (Å²) in [6.07, 6.45) is 9.21. The van der Waals surface area contributed by atoms with Crippen molar-refractivity contribution in [2.45, 2.75) is 26.3 Å². The van der Waals surface area contributed by atoms with Crippen molar-refractivity contribution in [3.63, 3.8) is 0 Å². The number of hydrogen-bond acceptors (Lipinski definition) is 4. The smallest absolute Gasteiger partial charge is 0.141 e. The minimum Gasteiger partial charge on any atom is -0.322 e. The first-order valence-electron chi connectivity index (χ1n) is 8.12. The molecule has 0 aromatic carbocycles. The molecule has 0 fully saturated rings. The molecule has 0 unspecified atom stereocenters. The maximum atomic E-state index is 13.0. The molecule has 3 aromatic heterocycles. The number of rotatable bonds is 4. The summed E-state index contributed by atoms with van der Waals surface area (Å²) in [4.78, 5) is 8.55. The highest BCUT2D eigenvalue weighted by Gasteiger charge is 2.16. The number of hydrogen-bond donors (Lipinski definition) is 1. The lowest BCUT2D eigenvalue weighted by atomic mass is 10.1. The maximum absolute atomic E-state index is 13.0. The summed E-state index contributed by atoms with van der Waals surface area (Å²) >= 11 is 0. The molecule has 0 saturated carbocycles. The van der Waals surface area contributed by atoms with E-state index in [1.54, 1.807) is 12.3 Å². The number of nitrogens with two attached hydrogens (primary N) is 1. The molecule has 0 saturated heterocycles. The van der Waals surface area contributed by atoms with E-state index in [9.17, 15) is 4.39 Å². The minimum atomic E-state index is -0.378. The molecule has 2 N–H and O–H groups in total. The van der Waals surface area contributed by atoms with Crippen molar-refractivity contribution in [1.82, 2.24) is 19.7 Å². The molecule has 0 aliphatic carbocycles. The van der Waals surface area contributed by atoms with E-state index >= 15 is 0 Å². The van der Waals surface area contributed by atoms with Crippen LogP contribution in [-0.4, -0.2) is 19.7 Å². The molecule has 128 valence electrons. The maximum Gasteiger partial charge on any atom is 0.141 e. The number of nitrogens with zero attached hydrogens (tertiary/aromatic N) is 4. The van der Waals surface area contributed by atoms with Gasteiger partial charge < -0.3 is 5.73 Å². The van der Waals surface area contributed by atoms with Crippen LogP contribution >= 0.6 is 0 Å². The van der Waals surface area contributed by atoms with Crippen molar-refractivity contribution < 1.29 is 4.39 Å². The first kappa shape index (κ1) is 17.0. The lowest BCUT2D eigenvalue weighted by Gasteiger charge is -2.15. The van der Waals surface area contributed by atoms with Gasteiger partial charge in [0, 0.05) is 23.5 Å². The van der Waals surface area contributed by atoms with E-state index in [0.29, 0.717) is 6.42 Å². The second kappa shape index (κ2) is 7.36. The zero-order valence-electron chi connectivity index (χ0n) is 14.2. The van der Waals surface area contributed by atoms with Crippen LogP contribution in [0.5, 0.6) is 0 Å². The molecule has 0 radical (unpaired) electrons. The van der Waals surface area contributed by atoms with Crippen LogP contribution in [-0.2, 0) is 6.42 Å². The molecule has 0 amide bonds. The fourth-order valence-corrected chi connectivity index (χ4v) is 2.80. The largest absolute Gasteiger partial charge is 0.322 e. The van der Waals surface area contributed by atoms with Crippen molar-refractivity contribution in [1.29, 1.82) is 0 Å². The van der Waals surface area contributed by atoms with Gasteiger partial charge in [-0.1, -0.05) is 12.2 Å². The van der Waals surface area contributed by atoms with E-state index in [2.05, 4.69) is 15.1 Å². The molecule has 3 aromatic rings. The van der Waals surface area contributed by atoms with E-state index in [-0.39, 0.29) is 11.9 Å². The molecule has 25 heavy (non-hydrogen) atoms. The first-order chi connectivity index (χ1) is 12.1. The zero-order valence-corrected chi connectivity index (χ0v) is 14.2. The van der Waals surface area contributed by atoms with E-state index in [4.69, 9.17) is 5.73 Å². The molecule has 0 aliphatic rings. The third-order valence-electron chi connectivity index (χ3n) is 4.03. The zero-order chi connectivity index (χ0) is 17.8. The van der Waals surface area contributed by atoms with Gasteiger partial charge in [-0.2, -0.15) is 5.10 Å². The average molecular weight is 337 g/mol. The third-order valence-corrected chi connectivity index (χ3v) is 4.03. The third kappa shape index (κ3) is 3.49. The van der Waals surface area contributed by atoms with Crippen LogP contribution in [0.1, 0.15) is 31.3 Å². The second-order valence-electron chi connectivity index (χ2n) is 5.66. The van der Waals surface area contributed by atoms with Gasteiger partial charge in [0.05, 0.1) is 35.2 Å². The Bertz CT molecular complexity index is 976. The van der Waals surface area contributed by atoms with Gasteiger partial charge in [-0.3, -0.25) is 9.97 Å². The van der Waals surface area contributed by atoms with Gasteiger partial charge >= 0.3 is 0 Å². The molecule has 0 bridgehead atoms. The highest BCUT2D eigenvalue weighted by molar-refractivity contribution is 5.40. The quantitative estimate of drug-likeness (QED) is 0.786. The van der Waals surface area contributed by atoms with Gasteiger partial charge in [0.2, 0.25) is 0 Å². The molecular weight excluding hydrogens is 317 g/mol. The summed E-state index contributed by atoms with van der Waals surface area (Å²) in [5.41, 5.74) is 8.65. The second-order valence-corrected chi connectivity index (χ2v) is 5.66. The predicted molar refractivity (Wildman–Crippen MR) is 95.7 cm³/mol. The summed E-state index contributed by atoms with van der Waals surface area (Å²) in [6.45, 7) is 3.95. The Morgan fingerprint density at radius 3 is 2.68 bits per heavy atom. The van der Waals surface area contributed by atoms with Gasteiger partial charge in [-0.15, -0.1) is 0 Å². The summed E-state index contributed by atoms with van der Waals surface area (Å²) in [7, 11) is 0. The first-order valence-corrected chi connectivity index (χ1v) is 8.12. The normalized spacial score (nSPS) is 14.1. The molecule has 6 heteroatoms. The predicted octanol–water partition coefficient (Wildman–Crippen LogP) is 1.64. The number of aromatic nitrogens is 4. The summed E-state index contributed by atoms with van der Waals surface area (Å²) in [6, 6.07) is 6.45. The summed E-state index contributed by atoms with van der Waals surface area (Å²) in [5, 5.41) is 6.52. The van der Waals surface area contributed by atoms with Gasteiger partial charge in [0.1, 0.15) is 5.82 Å². The standard InChI is InChI=1S/C19H20FN5/c1-3-13-11-24-25(17(13)4-2)18-6-5-9-22-19(18)16(21)10-15-8-7-14(20)12-23-15/h3-9,11-12,16H,10,21H2,1-2H3/b13-3-,17-4+/t16-/m0/s1. The molecule has 5 nitrogen and oxygen atoms in total. The highest BCUT2D eigenvalue weighted by atomic mass is 19.1. The van der Waals surface area contributed by atoms with Crippen LogP contribution in [0.2, 0.25) is 0 Å². The Morgan fingerprint density at radius 2 is 2.00 bits per heavy atom. The summed E-state index contributed by atoms with van der Waals surface area (Å²) in [5.74, 6) is -0.362. The Balaban J connectivity index is 2.02. The van der Waals surface area contributed by atoms with E-state index < -0.39 is 0 Å². The van der Waals surface area contributed by atoms with Gasteiger partial charge in [0.15, 0.2) is 0 Å². The Hall–Kier alpha value is -2.86. The van der Waals surface area contributed by atoms with Gasteiger partial charge in [-0.25, -0.2) is 9.07 Å². The van der Waals surface area contributed by atoms with Crippen LogP contribution in [0, 0.1) is 5.82 Å². The van der Waals surface area contributed by atoms with Crippen LogP contribution in [0.3, 0.4) is 0 Å². The fraction of sp³-hybridized carbons (Fsp3) is 0.211. The van der Waals surface area contributed by atoms with Crippen molar-refractivity contribution >= 4 is 12.2 Å². The summed E-state index contributed by atoms with van der Waals surface area (Å²) < 4.78 is 14.9. The van der Waals surface area contributed by atoms with Crippen molar-refractivity contribution in [3.8, 4) is 5.69 Å². The van der Waals surface area contributed by atoms with Crippen molar-refractivity contribution in [3.05, 3.63) is 70.6 Å². The molecule has 1 atom stereocenters. The van der Waals surface area contributed by atoms with E-state index in [0.717, 1.165) is 27.6 Å². The SMILES string of the molecule is C/C=c1/cnn(-c2cccnc2[C@@H](N)Cc2ccc(F)cn2)/c1=C/C. The molecule has 0 spiro atoms. The minimum absolute atomic E-state index is 0.362. The lowest BCUT2D eigenvalue weighted by Crippen LogP contribution is -2.29. The molecule has 3 heterocycles. The van der Waals surface area contributed by atoms with E-state index in [1.165, 1.54) is 12.3 Å². The van der Waals surface area contributed by atoms with Crippen LogP contribution in [0.4, 0.5) is 4.39 Å².